The lowest BCUT2D eigenvalue weighted by Crippen LogP contribution is -2.69. The summed E-state index contributed by atoms with van der Waals surface area (Å²) in [5.74, 6) is 0.957. The molecule has 16 atom stereocenters. The van der Waals surface area contributed by atoms with Crippen molar-refractivity contribution in [2.75, 3.05) is 33.9 Å². The zero-order chi connectivity index (χ0) is 46.1. The lowest BCUT2D eigenvalue weighted by atomic mass is 9.83. The molecule has 20 heteroatoms. The topological polar surface area (TPSA) is 350 Å². The average Bonchev–Trinajstić information content (AvgIpc) is 3.27. The number of aliphatic hydroxyl groups is 8. The Balaban J connectivity index is 0.000000374. The summed E-state index contributed by atoms with van der Waals surface area (Å²) in [5.41, 5.74) is 25.5. The Kier molecular flexibility index (Phi) is 22.3. The quantitative estimate of drug-likeness (QED) is 0.0901. The van der Waals surface area contributed by atoms with Crippen LogP contribution in [0, 0.1) is 0 Å². The van der Waals surface area contributed by atoms with Crippen LogP contribution in [0.3, 0.4) is 0 Å². The molecule has 2 aromatic carbocycles. The lowest BCUT2D eigenvalue weighted by Gasteiger charge is -2.49. The highest BCUT2D eigenvalue weighted by Crippen LogP contribution is 2.32. The Morgan fingerprint density at radius 3 is 1.71 bits per heavy atom. The minimum absolute atomic E-state index is 0.0101. The number of hydrogen-bond donors (Lipinski definition) is 13. The van der Waals surface area contributed by atoms with Crippen LogP contribution < -0.4 is 37.7 Å². The van der Waals surface area contributed by atoms with Crippen LogP contribution in [0.2, 0.25) is 0 Å². The van der Waals surface area contributed by atoms with Crippen molar-refractivity contribution in [3.8, 4) is 11.5 Å². The van der Waals surface area contributed by atoms with E-state index in [0.717, 1.165) is 11.5 Å². The Morgan fingerprint density at radius 1 is 0.742 bits per heavy atom. The Hall–Kier alpha value is -3.65. The van der Waals surface area contributed by atoms with Gasteiger partial charge in [0.25, 0.3) is 0 Å². The van der Waals surface area contributed by atoms with Crippen LogP contribution >= 0.6 is 0 Å². The monoisotopic (exact) mass is 881 g/mol. The van der Waals surface area contributed by atoms with Gasteiger partial charge in [0, 0.05) is 12.6 Å². The van der Waals surface area contributed by atoms with Gasteiger partial charge in [-0.05, 0) is 68.6 Å². The number of allylic oxidation sites excluding steroid dienone is 2. The fraction of sp³-hybridized carbons (Fsp3) is 0.595. The Bertz CT molecular complexity index is 1580. The molecule has 20 nitrogen and oxygen atoms in total. The summed E-state index contributed by atoms with van der Waals surface area (Å²) >= 11 is 0. The Morgan fingerprint density at radius 2 is 1.24 bits per heavy atom. The molecule has 3 fully saturated rings. The number of carbonyl (C=O) groups is 1. The highest BCUT2D eigenvalue weighted by Gasteiger charge is 2.52. The normalized spacial score (nSPS) is 34.0. The third-order valence-corrected chi connectivity index (χ3v) is 10.5. The highest BCUT2D eigenvalue weighted by atomic mass is 16.7. The third kappa shape index (κ3) is 14.4. The second-order valence-corrected chi connectivity index (χ2v) is 14.9. The van der Waals surface area contributed by atoms with Crippen LogP contribution in [0.1, 0.15) is 37.8 Å². The number of nitrogens with two attached hydrogens (primary N) is 4. The fourth-order valence-electron chi connectivity index (χ4n) is 6.88. The number of methoxy groups -OCH3 is 2. The number of benzene rings is 2. The van der Waals surface area contributed by atoms with Gasteiger partial charge in [0.05, 0.1) is 32.9 Å². The molecule has 2 aliphatic heterocycles. The minimum Gasteiger partial charge on any atom is -0.497 e. The first-order valence-corrected chi connectivity index (χ1v) is 20.3. The average molecular weight is 882 g/mol. The molecule has 2 heterocycles. The van der Waals surface area contributed by atoms with Gasteiger partial charge in [-0.25, -0.2) is 0 Å². The van der Waals surface area contributed by atoms with Crippen molar-refractivity contribution in [2.45, 2.75) is 125 Å². The summed E-state index contributed by atoms with van der Waals surface area (Å²) in [6.45, 7) is 3.11. The number of rotatable bonds is 14. The first-order chi connectivity index (χ1) is 29.6. The van der Waals surface area contributed by atoms with E-state index < -0.39 is 110 Å². The molecule has 0 unspecified atom stereocenters. The standard InChI is InChI=1S/C22H43N5O13.2C10H12O/c23-2-1-8(29)20(36)27-7-3-6(25)18(39-22-16(34)15(33)13(31)9(4-24)37-22)17(35)19(7)40-21-14(32)11(26)12(30)10(5-28)38-21;2*1-3-4-9-5-7-10(11-2)8-6-9/h6-19,21-22,28-35H,1-5,23-26H2,(H,27,36);2*3-8H,1-2H3/b;2*4-3+/t6-,7+,8-,9+,10+,11-,12+,13+,14+,15-,16+,17-,18+,19-,21+,22+;;/m0../s1. The molecule has 0 spiro atoms. The molecular formula is C42H67N5O15. The smallest absolute Gasteiger partial charge is 0.249 e. The maximum absolute atomic E-state index is 12.6. The maximum Gasteiger partial charge on any atom is 0.249 e. The molecule has 3 aliphatic rings. The van der Waals surface area contributed by atoms with E-state index in [4.69, 9.17) is 51.4 Å². The van der Waals surface area contributed by atoms with Crippen LogP contribution in [-0.2, 0) is 23.7 Å². The van der Waals surface area contributed by atoms with E-state index in [1.165, 1.54) is 11.1 Å². The van der Waals surface area contributed by atoms with Crippen molar-refractivity contribution in [2.24, 2.45) is 22.9 Å². The van der Waals surface area contributed by atoms with E-state index in [9.17, 15) is 45.6 Å². The summed E-state index contributed by atoms with van der Waals surface area (Å²) in [7, 11) is 3.34. The van der Waals surface area contributed by atoms with Gasteiger partial charge < -0.3 is 97.5 Å². The third-order valence-electron chi connectivity index (χ3n) is 10.5. The summed E-state index contributed by atoms with van der Waals surface area (Å²) < 4.78 is 32.6. The van der Waals surface area contributed by atoms with E-state index >= 15 is 0 Å². The molecular weight excluding hydrogens is 814 g/mol. The zero-order valence-corrected chi connectivity index (χ0v) is 35.4. The van der Waals surface area contributed by atoms with E-state index in [1.54, 1.807) is 14.2 Å². The second kappa shape index (κ2) is 26.2. The van der Waals surface area contributed by atoms with Gasteiger partial charge in [-0.1, -0.05) is 48.6 Å². The van der Waals surface area contributed by atoms with Crippen molar-refractivity contribution < 1.29 is 74.1 Å². The summed E-state index contributed by atoms with van der Waals surface area (Å²) in [6, 6.07) is 12.5. The molecule has 2 aromatic rings. The van der Waals surface area contributed by atoms with Gasteiger partial charge in [0.15, 0.2) is 12.6 Å². The SMILES string of the molecule is C/C=C/c1ccc(OC)cc1.C/C=C/c1ccc(OC)cc1.NCC[C@H](O)C(=O)N[C@@H]1C[C@H](N)[C@@H](O[C@H]2O[C@H](CN)[C@@H](O)[C@H](O)[C@H]2O)[C@H](O)[C@H]1O[C@H]1O[C@H](CO)[C@@H](O)[C@H](N)[C@H]1O. The van der Waals surface area contributed by atoms with Gasteiger partial charge in [-0.2, -0.15) is 0 Å². The number of nitrogens with one attached hydrogen (secondary N) is 1. The van der Waals surface area contributed by atoms with Crippen LogP contribution in [0.15, 0.2) is 60.7 Å². The fourth-order valence-corrected chi connectivity index (χ4v) is 6.88. The number of carbonyl (C=O) groups excluding carboxylic acids is 1. The highest BCUT2D eigenvalue weighted by molar-refractivity contribution is 5.80. The minimum atomic E-state index is -1.76. The van der Waals surface area contributed by atoms with E-state index in [2.05, 4.69) is 17.5 Å². The molecule has 0 radical (unpaired) electrons. The molecule has 62 heavy (non-hydrogen) atoms. The van der Waals surface area contributed by atoms with Crippen LogP contribution in [0.5, 0.6) is 11.5 Å². The van der Waals surface area contributed by atoms with E-state index in [0.29, 0.717) is 0 Å². The van der Waals surface area contributed by atoms with Gasteiger partial charge in [-0.3, -0.25) is 4.79 Å². The molecule has 0 aromatic heterocycles. The van der Waals surface area contributed by atoms with E-state index in [-0.39, 0.29) is 25.9 Å². The lowest BCUT2D eigenvalue weighted by molar-refractivity contribution is -0.332. The van der Waals surface area contributed by atoms with Gasteiger partial charge in [0.2, 0.25) is 5.91 Å². The van der Waals surface area contributed by atoms with Crippen LogP contribution in [-0.4, -0.2) is 179 Å². The first-order valence-electron chi connectivity index (χ1n) is 20.3. The second-order valence-electron chi connectivity index (χ2n) is 14.9. The molecule has 1 aliphatic carbocycles. The Labute approximate surface area is 361 Å². The first kappa shape index (κ1) is 52.7. The largest absolute Gasteiger partial charge is 0.497 e. The van der Waals surface area contributed by atoms with Crippen LogP contribution in [0.25, 0.3) is 12.2 Å². The molecule has 2 saturated heterocycles. The summed E-state index contributed by atoms with van der Waals surface area (Å²) in [6.07, 6.45) is -11.7. The van der Waals surface area contributed by atoms with Gasteiger partial charge in [-0.15, -0.1) is 0 Å². The number of hydrogen-bond acceptors (Lipinski definition) is 19. The van der Waals surface area contributed by atoms with Crippen molar-refractivity contribution >= 4 is 18.1 Å². The summed E-state index contributed by atoms with van der Waals surface area (Å²) in [5, 5.41) is 84.9. The molecule has 1 amide bonds. The van der Waals surface area contributed by atoms with Gasteiger partial charge >= 0.3 is 0 Å². The zero-order valence-electron chi connectivity index (χ0n) is 35.4. The number of ether oxygens (including phenoxy) is 6. The van der Waals surface area contributed by atoms with Crippen LogP contribution in [0.4, 0.5) is 0 Å². The van der Waals surface area contributed by atoms with Crippen molar-refractivity contribution in [1.82, 2.24) is 5.32 Å². The van der Waals surface area contributed by atoms with E-state index in [1.807, 2.05) is 74.5 Å². The predicted molar refractivity (Wildman–Crippen MR) is 227 cm³/mol. The van der Waals surface area contributed by atoms with Gasteiger partial charge in [0.1, 0.15) is 78.6 Å². The van der Waals surface area contributed by atoms with Crippen molar-refractivity contribution in [3.63, 3.8) is 0 Å². The molecule has 0 bridgehead atoms. The summed E-state index contributed by atoms with van der Waals surface area (Å²) in [4.78, 5) is 12.6. The maximum atomic E-state index is 12.6. The molecule has 5 rings (SSSR count). The predicted octanol–water partition coefficient (Wildman–Crippen LogP) is -2.97. The molecule has 350 valence electrons. The number of amides is 1. The number of aliphatic hydroxyl groups excluding tert-OH is 8. The molecule has 17 N–H and O–H groups in total. The molecule has 1 saturated carbocycles. The van der Waals surface area contributed by atoms with Crippen molar-refractivity contribution in [3.05, 3.63) is 71.8 Å². The van der Waals surface area contributed by atoms with Crippen molar-refractivity contribution in [1.29, 1.82) is 0 Å².